The summed E-state index contributed by atoms with van der Waals surface area (Å²) in [6, 6.07) is 12.0. The molecular weight excluding hydrogens is 236 g/mol. The average molecular weight is 252 g/mol. The van der Waals surface area contributed by atoms with Crippen LogP contribution in [0.3, 0.4) is 0 Å². The summed E-state index contributed by atoms with van der Waals surface area (Å²) in [7, 11) is 1.90. The SMILES string of the molecule is C[C@@H](N)c1cc(-c2ccn(C)n2)nc2ccccc12. The van der Waals surface area contributed by atoms with Crippen molar-refractivity contribution in [1.29, 1.82) is 0 Å². The van der Waals surface area contributed by atoms with Crippen LogP contribution in [0.15, 0.2) is 42.6 Å². The fourth-order valence-corrected chi connectivity index (χ4v) is 2.26. The molecule has 4 heteroatoms. The molecule has 2 heterocycles. The van der Waals surface area contributed by atoms with E-state index in [9.17, 15) is 0 Å². The lowest BCUT2D eigenvalue weighted by Gasteiger charge is -2.11. The molecule has 0 spiro atoms. The maximum atomic E-state index is 6.08. The highest BCUT2D eigenvalue weighted by Crippen LogP contribution is 2.26. The van der Waals surface area contributed by atoms with Crippen molar-refractivity contribution in [3.8, 4) is 11.4 Å². The third kappa shape index (κ3) is 2.11. The molecule has 1 aromatic carbocycles. The van der Waals surface area contributed by atoms with Crippen LogP contribution in [0.1, 0.15) is 18.5 Å². The molecule has 3 rings (SSSR count). The number of para-hydroxylation sites is 1. The van der Waals surface area contributed by atoms with E-state index >= 15 is 0 Å². The van der Waals surface area contributed by atoms with Gasteiger partial charge in [0, 0.05) is 24.7 Å². The molecule has 3 aromatic rings. The van der Waals surface area contributed by atoms with Crippen LogP contribution in [0.4, 0.5) is 0 Å². The van der Waals surface area contributed by atoms with Crippen LogP contribution in [0.2, 0.25) is 0 Å². The normalized spacial score (nSPS) is 12.8. The molecule has 0 aliphatic rings. The minimum Gasteiger partial charge on any atom is -0.324 e. The predicted octanol–water partition coefficient (Wildman–Crippen LogP) is 2.66. The lowest BCUT2D eigenvalue weighted by Crippen LogP contribution is -2.06. The number of nitrogens with two attached hydrogens (primary N) is 1. The van der Waals surface area contributed by atoms with Gasteiger partial charge in [0.05, 0.1) is 11.2 Å². The number of hydrogen-bond donors (Lipinski definition) is 1. The molecule has 96 valence electrons. The topological polar surface area (TPSA) is 56.7 Å². The van der Waals surface area contributed by atoms with Gasteiger partial charge >= 0.3 is 0 Å². The van der Waals surface area contributed by atoms with Crippen LogP contribution in [0.5, 0.6) is 0 Å². The van der Waals surface area contributed by atoms with Gasteiger partial charge in [0.25, 0.3) is 0 Å². The molecular formula is C15H16N4. The van der Waals surface area contributed by atoms with Crippen LogP contribution >= 0.6 is 0 Å². The second kappa shape index (κ2) is 4.48. The van der Waals surface area contributed by atoms with Crippen LogP contribution in [-0.4, -0.2) is 14.8 Å². The van der Waals surface area contributed by atoms with Gasteiger partial charge in [0.2, 0.25) is 0 Å². The van der Waals surface area contributed by atoms with Gasteiger partial charge in [-0.1, -0.05) is 18.2 Å². The van der Waals surface area contributed by atoms with Gasteiger partial charge in [-0.05, 0) is 30.7 Å². The van der Waals surface area contributed by atoms with E-state index < -0.39 is 0 Å². The molecule has 2 N–H and O–H groups in total. The Morgan fingerprint density at radius 3 is 2.63 bits per heavy atom. The first kappa shape index (κ1) is 11.9. The Balaban J connectivity index is 2.27. The third-order valence-electron chi connectivity index (χ3n) is 3.21. The highest BCUT2D eigenvalue weighted by molar-refractivity contribution is 5.85. The van der Waals surface area contributed by atoms with Crippen molar-refractivity contribution < 1.29 is 0 Å². The molecule has 19 heavy (non-hydrogen) atoms. The van der Waals surface area contributed by atoms with E-state index in [0.717, 1.165) is 27.9 Å². The number of fused-ring (bicyclic) bond motifs is 1. The molecule has 0 aliphatic carbocycles. The monoisotopic (exact) mass is 252 g/mol. The molecule has 0 saturated carbocycles. The zero-order valence-corrected chi connectivity index (χ0v) is 11.0. The molecule has 0 saturated heterocycles. The lowest BCUT2D eigenvalue weighted by atomic mass is 10.0. The van der Waals surface area contributed by atoms with Crippen molar-refractivity contribution >= 4 is 10.9 Å². The van der Waals surface area contributed by atoms with Crippen molar-refractivity contribution in [3.05, 3.63) is 48.2 Å². The summed E-state index contributed by atoms with van der Waals surface area (Å²) < 4.78 is 1.78. The Kier molecular flexibility index (Phi) is 2.80. The number of aromatic nitrogens is 3. The van der Waals surface area contributed by atoms with Gasteiger partial charge in [-0.25, -0.2) is 4.98 Å². The fourth-order valence-electron chi connectivity index (χ4n) is 2.26. The molecule has 0 unspecified atom stereocenters. The number of rotatable bonds is 2. The number of pyridine rings is 1. The van der Waals surface area contributed by atoms with Gasteiger partial charge in [-0.3, -0.25) is 4.68 Å². The highest BCUT2D eigenvalue weighted by Gasteiger charge is 2.11. The van der Waals surface area contributed by atoms with E-state index in [-0.39, 0.29) is 6.04 Å². The van der Waals surface area contributed by atoms with Gasteiger partial charge < -0.3 is 5.73 Å². The van der Waals surface area contributed by atoms with E-state index in [2.05, 4.69) is 16.1 Å². The first-order valence-electron chi connectivity index (χ1n) is 6.30. The van der Waals surface area contributed by atoms with Gasteiger partial charge in [-0.2, -0.15) is 5.10 Å². The zero-order valence-electron chi connectivity index (χ0n) is 11.0. The van der Waals surface area contributed by atoms with Crippen molar-refractivity contribution in [2.24, 2.45) is 12.8 Å². The van der Waals surface area contributed by atoms with Crippen molar-refractivity contribution in [2.75, 3.05) is 0 Å². The Morgan fingerprint density at radius 1 is 1.16 bits per heavy atom. The summed E-state index contributed by atoms with van der Waals surface area (Å²) in [4.78, 5) is 4.67. The highest BCUT2D eigenvalue weighted by atomic mass is 15.2. The Labute approximate surface area is 111 Å². The molecule has 0 amide bonds. The van der Waals surface area contributed by atoms with Crippen molar-refractivity contribution in [2.45, 2.75) is 13.0 Å². The van der Waals surface area contributed by atoms with Crippen LogP contribution in [-0.2, 0) is 7.05 Å². The minimum atomic E-state index is -0.0321. The number of aryl methyl sites for hydroxylation is 1. The first-order chi connectivity index (χ1) is 9.15. The maximum Gasteiger partial charge on any atom is 0.111 e. The molecule has 0 aliphatic heterocycles. The molecule has 1 atom stereocenters. The molecule has 0 fully saturated rings. The number of hydrogen-bond acceptors (Lipinski definition) is 3. The van der Waals surface area contributed by atoms with Gasteiger partial charge in [0.15, 0.2) is 0 Å². The summed E-state index contributed by atoms with van der Waals surface area (Å²) in [6.07, 6.45) is 1.91. The average Bonchev–Trinajstić information content (AvgIpc) is 2.84. The Morgan fingerprint density at radius 2 is 1.95 bits per heavy atom. The number of benzene rings is 1. The van der Waals surface area contributed by atoms with E-state index in [1.54, 1.807) is 4.68 Å². The Hall–Kier alpha value is -2.20. The minimum absolute atomic E-state index is 0.0321. The van der Waals surface area contributed by atoms with E-state index in [4.69, 9.17) is 5.73 Å². The van der Waals surface area contributed by atoms with Crippen LogP contribution < -0.4 is 5.73 Å². The lowest BCUT2D eigenvalue weighted by molar-refractivity contribution is 0.769. The molecule has 4 nitrogen and oxygen atoms in total. The number of nitrogens with zero attached hydrogens (tertiary/aromatic N) is 3. The van der Waals surface area contributed by atoms with Gasteiger partial charge in [-0.15, -0.1) is 0 Å². The van der Waals surface area contributed by atoms with E-state index in [1.165, 1.54) is 0 Å². The summed E-state index contributed by atoms with van der Waals surface area (Å²) in [6.45, 7) is 1.99. The molecule has 0 radical (unpaired) electrons. The van der Waals surface area contributed by atoms with Crippen LogP contribution in [0.25, 0.3) is 22.3 Å². The molecule has 2 aromatic heterocycles. The third-order valence-corrected chi connectivity index (χ3v) is 3.21. The van der Waals surface area contributed by atoms with E-state index in [1.807, 2.05) is 50.5 Å². The quantitative estimate of drug-likeness (QED) is 0.762. The van der Waals surface area contributed by atoms with Crippen molar-refractivity contribution in [1.82, 2.24) is 14.8 Å². The smallest absolute Gasteiger partial charge is 0.111 e. The van der Waals surface area contributed by atoms with Crippen LogP contribution in [0, 0.1) is 0 Å². The fraction of sp³-hybridized carbons (Fsp3) is 0.200. The first-order valence-corrected chi connectivity index (χ1v) is 6.30. The summed E-state index contributed by atoms with van der Waals surface area (Å²) in [5, 5.41) is 5.51. The maximum absolute atomic E-state index is 6.08. The van der Waals surface area contributed by atoms with Gasteiger partial charge in [0.1, 0.15) is 5.69 Å². The summed E-state index contributed by atoms with van der Waals surface area (Å²) >= 11 is 0. The van der Waals surface area contributed by atoms with Crippen molar-refractivity contribution in [3.63, 3.8) is 0 Å². The van der Waals surface area contributed by atoms with E-state index in [0.29, 0.717) is 0 Å². The standard InChI is InChI=1S/C15H16N4/c1-10(16)12-9-15(14-7-8-19(2)18-14)17-13-6-4-3-5-11(12)13/h3-10H,16H2,1-2H3/t10-/m1/s1. The Bertz CT molecular complexity index is 728. The second-order valence-corrected chi connectivity index (χ2v) is 4.78. The largest absolute Gasteiger partial charge is 0.324 e. The summed E-state index contributed by atoms with van der Waals surface area (Å²) in [5.41, 5.74) is 9.88. The zero-order chi connectivity index (χ0) is 13.4. The summed E-state index contributed by atoms with van der Waals surface area (Å²) in [5.74, 6) is 0. The predicted molar refractivity (Wildman–Crippen MR) is 76.5 cm³/mol. The molecule has 0 bridgehead atoms. The second-order valence-electron chi connectivity index (χ2n) is 4.78.